The molecule has 0 bridgehead atoms. The summed E-state index contributed by atoms with van der Waals surface area (Å²) in [5, 5.41) is 0. The van der Waals surface area contributed by atoms with Gasteiger partial charge in [-0.2, -0.15) is 0 Å². The molecule has 3 rings (SSSR count). The standard InChI is InChI=1S/C18H16N2O3/c1-12-16(20-18(23-12)13-6-3-2-4-7-13)11-22-15-9-5-8-14(10-15)17(19)21/h2-10H,11H2,1H3,(H2,19,21). The van der Waals surface area contributed by atoms with Crippen molar-refractivity contribution < 1.29 is 13.9 Å². The van der Waals surface area contributed by atoms with Crippen LogP contribution in [0, 0.1) is 6.92 Å². The number of benzene rings is 2. The van der Waals surface area contributed by atoms with Gasteiger partial charge in [-0.05, 0) is 37.3 Å². The summed E-state index contributed by atoms with van der Waals surface area (Å²) in [6, 6.07) is 16.4. The average Bonchev–Trinajstić information content (AvgIpc) is 2.95. The maximum Gasteiger partial charge on any atom is 0.248 e. The van der Waals surface area contributed by atoms with Gasteiger partial charge in [-0.3, -0.25) is 4.79 Å². The van der Waals surface area contributed by atoms with Crippen LogP contribution in [0.1, 0.15) is 21.8 Å². The van der Waals surface area contributed by atoms with Gasteiger partial charge in [0, 0.05) is 11.1 Å². The van der Waals surface area contributed by atoms with Crippen LogP contribution < -0.4 is 10.5 Å². The van der Waals surface area contributed by atoms with Crippen molar-refractivity contribution in [2.45, 2.75) is 13.5 Å². The van der Waals surface area contributed by atoms with Gasteiger partial charge in [0.15, 0.2) is 0 Å². The molecule has 0 atom stereocenters. The predicted octanol–water partition coefficient (Wildman–Crippen LogP) is 3.33. The van der Waals surface area contributed by atoms with Gasteiger partial charge in [0.1, 0.15) is 23.8 Å². The van der Waals surface area contributed by atoms with E-state index >= 15 is 0 Å². The van der Waals surface area contributed by atoms with Crippen LogP contribution in [-0.2, 0) is 6.61 Å². The topological polar surface area (TPSA) is 78.3 Å². The molecule has 0 aliphatic heterocycles. The highest BCUT2D eigenvalue weighted by atomic mass is 16.5. The molecule has 1 aromatic heterocycles. The summed E-state index contributed by atoms with van der Waals surface area (Å²) < 4.78 is 11.4. The lowest BCUT2D eigenvalue weighted by molar-refractivity contribution is 0.1000. The molecule has 0 aliphatic carbocycles. The van der Waals surface area contributed by atoms with Gasteiger partial charge < -0.3 is 14.9 Å². The number of aromatic nitrogens is 1. The highest BCUT2D eigenvalue weighted by Gasteiger charge is 2.12. The summed E-state index contributed by atoms with van der Waals surface area (Å²) in [6.45, 7) is 2.10. The molecule has 116 valence electrons. The van der Waals surface area contributed by atoms with E-state index < -0.39 is 5.91 Å². The normalized spacial score (nSPS) is 10.5. The highest BCUT2D eigenvalue weighted by Crippen LogP contribution is 2.22. The van der Waals surface area contributed by atoms with Crippen LogP contribution in [0.5, 0.6) is 5.75 Å². The maximum atomic E-state index is 11.2. The van der Waals surface area contributed by atoms with Crippen LogP contribution in [-0.4, -0.2) is 10.9 Å². The second kappa shape index (κ2) is 6.36. The number of primary amides is 1. The lowest BCUT2D eigenvalue weighted by Crippen LogP contribution is -2.10. The van der Waals surface area contributed by atoms with Crippen molar-refractivity contribution in [3.05, 3.63) is 71.6 Å². The summed E-state index contributed by atoms with van der Waals surface area (Å²) in [7, 11) is 0. The number of carbonyl (C=O) groups excluding carboxylic acids is 1. The zero-order valence-electron chi connectivity index (χ0n) is 12.7. The van der Waals surface area contributed by atoms with E-state index in [1.165, 1.54) is 0 Å². The van der Waals surface area contributed by atoms with E-state index in [1.54, 1.807) is 24.3 Å². The van der Waals surface area contributed by atoms with Crippen molar-refractivity contribution in [1.29, 1.82) is 0 Å². The Morgan fingerprint density at radius 1 is 1.17 bits per heavy atom. The first-order chi connectivity index (χ1) is 11.1. The Labute approximate surface area is 133 Å². The minimum Gasteiger partial charge on any atom is -0.487 e. The first-order valence-electron chi connectivity index (χ1n) is 7.18. The fourth-order valence-corrected chi connectivity index (χ4v) is 2.16. The molecule has 3 aromatic rings. The molecular weight excluding hydrogens is 292 g/mol. The molecule has 2 aromatic carbocycles. The van der Waals surface area contributed by atoms with E-state index in [4.69, 9.17) is 14.9 Å². The number of rotatable bonds is 5. The monoisotopic (exact) mass is 308 g/mol. The van der Waals surface area contributed by atoms with Gasteiger partial charge in [0.05, 0.1) is 0 Å². The van der Waals surface area contributed by atoms with Crippen LogP contribution in [0.4, 0.5) is 0 Å². The number of nitrogens with zero attached hydrogens (tertiary/aromatic N) is 1. The first-order valence-corrected chi connectivity index (χ1v) is 7.18. The Bertz CT molecular complexity index is 825. The van der Waals surface area contributed by atoms with Crippen molar-refractivity contribution in [1.82, 2.24) is 4.98 Å². The minimum atomic E-state index is -0.487. The van der Waals surface area contributed by atoms with Crippen LogP contribution in [0.25, 0.3) is 11.5 Å². The number of carbonyl (C=O) groups is 1. The molecule has 1 amide bonds. The number of aryl methyl sites for hydroxylation is 1. The zero-order valence-corrected chi connectivity index (χ0v) is 12.7. The molecule has 0 aliphatic rings. The second-order valence-corrected chi connectivity index (χ2v) is 5.07. The minimum absolute atomic E-state index is 0.254. The number of amides is 1. The highest BCUT2D eigenvalue weighted by molar-refractivity contribution is 5.93. The summed E-state index contributed by atoms with van der Waals surface area (Å²) in [5.41, 5.74) is 7.30. The molecule has 0 radical (unpaired) electrons. The van der Waals surface area contributed by atoms with Crippen molar-refractivity contribution >= 4 is 5.91 Å². The lowest BCUT2D eigenvalue weighted by Gasteiger charge is -2.05. The fourth-order valence-electron chi connectivity index (χ4n) is 2.16. The fraction of sp³-hybridized carbons (Fsp3) is 0.111. The lowest BCUT2D eigenvalue weighted by atomic mass is 10.2. The number of hydrogen-bond acceptors (Lipinski definition) is 4. The summed E-state index contributed by atoms with van der Waals surface area (Å²) in [6.07, 6.45) is 0. The number of nitrogens with two attached hydrogens (primary N) is 1. The molecule has 1 heterocycles. The summed E-state index contributed by atoms with van der Waals surface area (Å²) in [4.78, 5) is 15.7. The van der Waals surface area contributed by atoms with Crippen LogP contribution in [0.3, 0.4) is 0 Å². The third kappa shape index (κ3) is 3.40. The molecule has 23 heavy (non-hydrogen) atoms. The van der Waals surface area contributed by atoms with E-state index in [0.29, 0.717) is 28.7 Å². The van der Waals surface area contributed by atoms with Gasteiger partial charge in [-0.25, -0.2) is 4.98 Å². The Morgan fingerprint density at radius 3 is 2.70 bits per heavy atom. The number of ether oxygens (including phenoxy) is 1. The molecule has 2 N–H and O–H groups in total. The third-order valence-electron chi connectivity index (χ3n) is 3.41. The van der Waals surface area contributed by atoms with Crippen molar-refractivity contribution in [3.63, 3.8) is 0 Å². The molecule has 0 spiro atoms. The van der Waals surface area contributed by atoms with Crippen LogP contribution >= 0.6 is 0 Å². The van der Waals surface area contributed by atoms with Crippen molar-refractivity contribution in [2.75, 3.05) is 0 Å². The van der Waals surface area contributed by atoms with E-state index in [-0.39, 0.29) is 6.61 Å². The van der Waals surface area contributed by atoms with Crippen LogP contribution in [0.2, 0.25) is 0 Å². The molecule has 5 heteroatoms. The third-order valence-corrected chi connectivity index (χ3v) is 3.41. The second-order valence-electron chi connectivity index (χ2n) is 5.07. The largest absolute Gasteiger partial charge is 0.487 e. The zero-order chi connectivity index (χ0) is 16.2. The van der Waals surface area contributed by atoms with Gasteiger partial charge in [-0.1, -0.05) is 24.3 Å². The Hall–Kier alpha value is -3.08. The van der Waals surface area contributed by atoms with E-state index in [9.17, 15) is 4.79 Å². The van der Waals surface area contributed by atoms with E-state index in [2.05, 4.69) is 4.98 Å². The van der Waals surface area contributed by atoms with Crippen LogP contribution in [0.15, 0.2) is 59.0 Å². The van der Waals surface area contributed by atoms with E-state index in [1.807, 2.05) is 37.3 Å². The first kappa shape index (κ1) is 14.8. The maximum absolute atomic E-state index is 11.2. The number of oxazole rings is 1. The average molecular weight is 308 g/mol. The molecule has 0 unspecified atom stereocenters. The van der Waals surface area contributed by atoms with Gasteiger partial charge in [-0.15, -0.1) is 0 Å². The molecule has 0 saturated carbocycles. The Balaban J connectivity index is 1.75. The summed E-state index contributed by atoms with van der Waals surface area (Å²) >= 11 is 0. The van der Waals surface area contributed by atoms with Gasteiger partial charge in [0.2, 0.25) is 11.8 Å². The number of hydrogen-bond donors (Lipinski definition) is 1. The van der Waals surface area contributed by atoms with Crippen molar-refractivity contribution in [3.8, 4) is 17.2 Å². The quantitative estimate of drug-likeness (QED) is 0.784. The SMILES string of the molecule is Cc1oc(-c2ccccc2)nc1COc1cccc(C(N)=O)c1. The predicted molar refractivity (Wildman–Crippen MR) is 86.0 cm³/mol. The molecular formula is C18H16N2O3. The van der Waals surface area contributed by atoms with E-state index in [0.717, 1.165) is 5.56 Å². The van der Waals surface area contributed by atoms with Crippen molar-refractivity contribution in [2.24, 2.45) is 5.73 Å². The molecule has 5 nitrogen and oxygen atoms in total. The van der Waals surface area contributed by atoms with Gasteiger partial charge in [0.25, 0.3) is 0 Å². The Kier molecular flexibility index (Phi) is 4.10. The Morgan fingerprint density at radius 2 is 1.96 bits per heavy atom. The smallest absolute Gasteiger partial charge is 0.248 e. The van der Waals surface area contributed by atoms with Gasteiger partial charge >= 0.3 is 0 Å². The molecule has 0 saturated heterocycles. The molecule has 0 fully saturated rings. The summed E-state index contributed by atoms with van der Waals surface area (Å²) in [5.74, 6) is 1.34.